The molecule has 6 N–H and O–H groups in total. The topological polar surface area (TPSA) is 117 Å². The number of rotatable bonds is 8. The van der Waals surface area contributed by atoms with Crippen molar-refractivity contribution in [3.05, 3.63) is 34.5 Å². The van der Waals surface area contributed by atoms with E-state index in [2.05, 4.69) is 16.0 Å². The Kier molecular flexibility index (Phi) is 7.65. The summed E-state index contributed by atoms with van der Waals surface area (Å²) in [5.41, 5.74) is 7.67. The number of halogens is 1. The number of nitrogens with one attached hydrogen (secondary N) is 3. The lowest BCUT2D eigenvalue weighted by molar-refractivity contribution is 0.0948. The van der Waals surface area contributed by atoms with E-state index < -0.39 is 0 Å². The molecule has 9 heteroatoms. The third kappa shape index (κ3) is 5.55. The van der Waals surface area contributed by atoms with Crippen molar-refractivity contribution in [2.75, 3.05) is 17.2 Å². The molecule has 0 bridgehead atoms. The standard InChI is InChI=1S/C24H35ClN6O2/c1-2-27-23(33)21-22(29-19-10-6-9-18(19)26)30-24(28-16-7-4-3-5-8-16)31(21)14-15-11-12-20(32)17(25)13-15/h11-13,16,18-19,29,32H,2-10,14,26H2,1H3,(H,27,33)(H,28,30)/t18-,19+/m1/s1. The van der Waals surface area contributed by atoms with E-state index in [4.69, 9.17) is 22.3 Å². The molecule has 2 aliphatic rings. The van der Waals surface area contributed by atoms with Crippen molar-refractivity contribution in [3.63, 3.8) is 0 Å². The zero-order valence-electron chi connectivity index (χ0n) is 19.2. The average Bonchev–Trinajstić information content (AvgIpc) is 3.35. The first-order valence-electron chi connectivity index (χ1n) is 12.1. The monoisotopic (exact) mass is 474 g/mol. The highest BCUT2D eigenvalue weighted by Crippen LogP contribution is 2.30. The number of phenolic OH excluding ortho intramolecular Hbond substituents is 1. The van der Waals surface area contributed by atoms with Crippen LogP contribution in [0.15, 0.2) is 18.2 Å². The second-order valence-electron chi connectivity index (χ2n) is 9.19. The lowest BCUT2D eigenvalue weighted by Gasteiger charge is -2.24. The normalized spacial score (nSPS) is 21.2. The van der Waals surface area contributed by atoms with Crippen LogP contribution in [0.4, 0.5) is 11.8 Å². The van der Waals surface area contributed by atoms with Crippen molar-refractivity contribution in [1.82, 2.24) is 14.9 Å². The van der Waals surface area contributed by atoms with Crippen molar-refractivity contribution in [2.24, 2.45) is 5.73 Å². The Hall–Kier alpha value is -2.45. The van der Waals surface area contributed by atoms with Gasteiger partial charge in [-0.2, -0.15) is 4.98 Å². The van der Waals surface area contributed by atoms with Crippen molar-refractivity contribution < 1.29 is 9.90 Å². The Bertz CT molecular complexity index is 972. The van der Waals surface area contributed by atoms with E-state index in [9.17, 15) is 9.90 Å². The maximum Gasteiger partial charge on any atom is 0.271 e. The highest BCUT2D eigenvalue weighted by Gasteiger charge is 2.30. The van der Waals surface area contributed by atoms with Gasteiger partial charge in [-0.3, -0.25) is 9.36 Å². The Morgan fingerprint density at radius 3 is 2.64 bits per heavy atom. The van der Waals surface area contributed by atoms with E-state index in [1.807, 2.05) is 17.6 Å². The molecule has 1 aromatic heterocycles. The lowest BCUT2D eigenvalue weighted by Crippen LogP contribution is -2.36. The van der Waals surface area contributed by atoms with Crippen LogP contribution < -0.4 is 21.7 Å². The second kappa shape index (κ2) is 10.7. The zero-order chi connectivity index (χ0) is 23.4. The average molecular weight is 475 g/mol. The van der Waals surface area contributed by atoms with Gasteiger partial charge in [-0.1, -0.05) is 36.9 Å². The summed E-state index contributed by atoms with van der Waals surface area (Å²) in [6.45, 7) is 2.81. The molecule has 33 heavy (non-hydrogen) atoms. The Morgan fingerprint density at radius 1 is 1.18 bits per heavy atom. The molecule has 0 spiro atoms. The van der Waals surface area contributed by atoms with Crippen LogP contribution in [0, 0.1) is 0 Å². The van der Waals surface area contributed by atoms with Crippen LogP contribution in [-0.2, 0) is 6.54 Å². The van der Waals surface area contributed by atoms with Gasteiger partial charge < -0.3 is 26.8 Å². The molecule has 0 aliphatic heterocycles. The molecule has 2 atom stereocenters. The molecule has 2 aromatic rings. The predicted octanol–water partition coefficient (Wildman–Crippen LogP) is 4.08. The molecule has 0 saturated heterocycles. The van der Waals surface area contributed by atoms with Gasteiger partial charge in [0.15, 0.2) is 11.5 Å². The summed E-state index contributed by atoms with van der Waals surface area (Å²) in [5, 5.41) is 20.1. The number of phenols is 1. The van der Waals surface area contributed by atoms with Gasteiger partial charge in [-0.15, -0.1) is 0 Å². The summed E-state index contributed by atoms with van der Waals surface area (Å²) >= 11 is 6.17. The van der Waals surface area contributed by atoms with Gasteiger partial charge in [0.05, 0.1) is 11.6 Å². The van der Waals surface area contributed by atoms with E-state index in [0.717, 1.165) is 37.7 Å². The fourth-order valence-electron chi connectivity index (χ4n) is 4.90. The molecule has 4 rings (SSSR count). The molecular weight excluding hydrogens is 440 g/mol. The number of carbonyl (C=O) groups is 1. The Morgan fingerprint density at radius 2 is 1.97 bits per heavy atom. The number of anilines is 2. The molecule has 1 amide bonds. The van der Waals surface area contributed by atoms with Gasteiger partial charge in [0.25, 0.3) is 5.91 Å². The maximum atomic E-state index is 13.2. The molecule has 180 valence electrons. The van der Waals surface area contributed by atoms with E-state index in [-0.39, 0.29) is 28.8 Å². The first-order valence-corrected chi connectivity index (χ1v) is 12.5. The first-order chi connectivity index (χ1) is 16.0. The van der Waals surface area contributed by atoms with Gasteiger partial charge in [0, 0.05) is 24.7 Å². The quantitative estimate of drug-likeness (QED) is 0.393. The van der Waals surface area contributed by atoms with Crippen LogP contribution in [-0.4, -0.2) is 45.2 Å². The minimum atomic E-state index is -0.180. The number of hydrogen-bond donors (Lipinski definition) is 5. The fraction of sp³-hybridized carbons (Fsp3) is 0.583. The fourth-order valence-corrected chi connectivity index (χ4v) is 5.10. The minimum Gasteiger partial charge on any atom is -0.506 e. The van der Waals surface area contributed by atoms with E-state index >= 15 is 0 Å². The van der Waals surface area contributed by atoms with Gasteiger partial charge in [0.1, 0.15) is 5.75 Å². The van der Waals surface area contributed by atoms with Crippen LogP contribution in [0.3, 0.4) is 0 Å². The highest BCUT2D eigenvalue weighted by molar-refractivity contribution is 6.32. The van der Waals surface area contributed by atoms with Gasteiger partial charge in [-0.05, 0) is 56.7 Å². The number of benzene rings is 1. The molecular formula is C24H35ClN6O2. The lowest BCUT2D eigenvalue weighted by atomic mass is 9.96. The van der Waals surface area contributed by atoms with Crippen molar-refractivity contribution >= 4 is 29.3 Å². The van der Waals surface area contributed by atoms with Crippen LogP contribution in [0.1, 0.15) is 74.3 Å². The number of amides is 1. The van der Waals surface area contributed by atoms with Crippen molar-refractivity contribution in [2.45, 2.75) is 83.0 Å². The smallest absolute Gasteiger partial charge is 0.271 e. The van der Waals surface area contributed by atoms with Crippen LogP contribution in [0.25, 0.3) is 0 Å². The van der Waals surface area contributed by atoms with E-state index in [0.29, 0.717) is 36.6 Å². The van der Waals surface area contributed by atoms with Gasteiger partial charge in [0.2, 0.25) is 5.95 Å². The molecule has 1 heterocycles. The third-order valence-corrected chi connectivity index (χ3v) is 7.01. The first kappa shape index (κ1) is 23.7. The summed E-state index contributed by atoms with van der Waals surface area (Å²) in [5.74, 6) is 1.08. The number of nitrogens with zero attached hydrogens (tertiary/aromatic N) is 2. The Balaban J connectivity index is 1.73. The molecule has 2 fully saturated rings. The third-order valence-electron chi connectivity index (χ3n) is 6.70. The minimum absolute atomic E-state index is 0.0353. The molecule has 0 unspecified atom stereocenters. The SMILES string of the molecule is CCNC(=O)c1c(N[C@H]2CCC[C@H]2N)nc(NC2CCCCC2)n1Cc1ccc(O)c(Cl)c1. The van der Waals surface area contributed by atoms with E-state index in [1.54, 1.807) is 12.1 Å². The number of aromatic nitrogens is 2. The predicted molar refractivity (Wildman–Crippen MR) is 132 cm³/mol. The summed E-state index contributed by atoms with van der Waals surface area (Å²) in [4.78, 5) is 18.1. The number of aromatic hydroxyl groups is 1. The largest absolute Gasteiger partial charge is 0.506 e. The van der Waals surface area contributed by atoms with Crippen LogP contribution in [0.2, 0.25) is 5.02 Å². The summed E-state index contributed by atoms with van der Waals surface area (Å²) in [7, 11) is 0. The van der Waals surface area contributed by atoms with Crippen LogP contribution >= 0.6 is 11.6 Å². The van der Waals surface area contributed by atoms with Gasteiger partial charge >= 0.3 is 0 Å². The number of hydrogen-bond acceptors (Lipinski definition) is 6. The zero-order valence-corrected chi connectivity index (χ0v) is 20.0. The molecule has 1 aromatic carbocycles. The molecule has 8 nitrogen and oxygen atoms in total. The van der Waals surface area contributed by atoms with Crippen molar-refractivity contribution in [3.8, 4) is 5.75 Å². The summed E-state index contributed by atoms with van der Waals surface area (Å²) in [6, 6.07) is 5.57. The van der Waals surface area contributed by atoms with Crippen molar-refractivity contribution in [1.29, 1.82) is 0 Å². The van der Waals surface area contributed by atoms with E-state index in [1.165, 1.54) is 19.3 Å². The van der Waals surface area contributed by atoms with Gasteiger partial charge in [-0.25, -0.2) is 0 Å². The summed E-state index contributed by atoms with van der Waals surface area (Å²) in [6.07, 6.45) is 8.81. The molecule has 2 saturated carbocycles. The maximum absolute atomic E-state index is 13.2. The molecule has 2 aliphatic carbocycles. The number of carbonyl (C=O) groups excluding carboxylic acids is 1. The summed E-state index contributed by atoms with van der Waals surface area (Å²) < 4.78 is 1.92. The Labute approximate surface area is 200 Å². The van der Waals surface area contributed by atoms with Crippen LogP contribution in [0.5, 0.6) is 5.75 Å². The highest BCUT2D eigenvalue weighted by atomic mass is 35.5. The number of nitrogens with two attached hydrogens (primary N) is 1. The second-order valence-corrected chi connectivity index (χ2v) is 9.60. The number of imidazole rings is 1. The molecule has 0 radical (unpaired) electrons.